The Morgan fingerprint density at radius 3 is 3.00 bits per heavy atom. The van der Waals surface area contributed by atoms with E-state index < -0.39 is 0 Å². The van der Waals surface area contributed by atoms with Crippen LogP contribution in [0, 0.1) is 0 Å². The first kappa shape index (κ1) is 13.1. The van der Waals surface area contributed by atoms with Gasteiger partial charge >= 0.3 is 0 Å². The number of amides is 1. The van der Waals surface area contributed by atoms with Crippen LogP contribution in [0.15, 0.2) is 24.3 Å². The van der Waals surface area contributed by atoms with E-state index in [1.165, 1.54) is 0 Å². The predicted octanol–water partition coefficient (Wildman–Crippen LogP) is 1.94. The Kier molecular flexibility index (Phi) is 4.33. The molecule has 1 fully saturated rings. The Hall–Kier alpha value is -1.39. The normalized spacial score (nSPS) is 16.6. The molecule has 1 aliphatic rings. The predicted molar refractivity (Wildman–Crippen MR) is 70.8 cm³/mol. The quantitative estimate of drug-likeness (QED) is 0.910. The standard InChI is InChI=1S/C13H15ClN2O2/c14-10-3-1-4-11(7-10)15-13(18)9-16-6-2-5-12(17)8-16/h1,3-4,7H,2,5-6,8-9H2,(H,15,18). The lowest BCUT2D eigenvalue weighted by atomic mass is 10.1. The first-order valence-electron chi connectivity index (χ1n) is 5.93. The van der Waals surface area contributed by atoms with Crippen LogP contribution in [0.5, 0.6) is 0 Å². The Morgan fingerprint density at radius 1 is 1.44 bits per heavy atom. The van der Waals surface area contributed by atoms with Gasteiger partial charge in [0.05, 0.1) is 13.1 Å². The number of rotatable bonds is 3. The number of nitrogens with one attached hydrogen (secondary N) is 1. The molecule has 0 radical (unpaired) electrons. The monoisotopic (exact) mass is 266 g/mol. The summed E-state index contributed by atoms with van der Waals surface area (Å²) in [5.74, 6) is 0.0868. The van der Waals surface area contributed by atoms with Crippen LogP contribution >= 0.6 is 11.6 Å². The summed E-state index contributed by atoms with van der Waals surface area (Å²) in [4.78, 5) is 24.9. The van der Waals surface area contributed by atoms with Crippen molar-refractivity contribution in [1.29, 1.82) is 0 Å². The summed E-state index contributed by atoms with van der Waals surface area (Å²) in [6, 6.07) is 7.01. The highest BCUT2D eigenvalue weighted by atomic mass is 35.5. The van der Waals surface area contributed by atoms with Crippen molar-refractivity contribution < 1.29 is 9.59 Å². The van der Waals surface area contributed by atoms with Gasteiger partial charge in [-0.2, -0.15) is 0 Å². The van der Waals surface area contributed by atoms with Gasteiger partial charge in [0.2, 0.25) is 5.91 Å². The van der Waals surface area contributed by atoms with E-state index in [-0.39, 0.29) is 18.2 Å². The first-order valence-corrected chi connectivity index (χ1v) is 6.31. The average molecular weight is 267 g/mol. The van der Waals surface area contributed by atoms with E-state index in [1.807, 2.05) is 4.90 Å². The van der Waals surface area contributed by atoms with Crippen LogP contribution in [-0.4, -0.2) is 36.2 Å². The molecular formula is C13H15ClN2O2. The number of ketones is 1. The summed E-state index contributed by atoms with van der Waals surface area (Å²) >= 11 is 5.83. The highest BCUT2D eigenvalue weighted by Gasteiger charge is 2.18. The van der Waals surface area contributed by atoms with Gasteiger partial charge in [-0.15, -0.1) is 0 Å². The third-order valence-electron chi connectivity index (χ3n) is 2.81. The maximum atomic E-state index is 11.8. The summed E-state index contributed by atoms with van der Waals surface area (Å²) in [7, 11) is 0. The highest BCUT2D eigenvalue weighted by Crippen LogP contribution is 2.15. The number of piperidine rings is 1. The Balaban J connectivity index is 1.86. The molecule has 2 rings (SSSR count). The van der Waals surface area contributed by atoms with E-state index in [1.54, 1.807) is 24.3 Å². The minimum Gasteiger partial charge on any atom is -0.325 e. The number of carbonyl (C=O) groups is 2. The Labute approximate surface area is 111 Å². The summed E-state index contributed by atoms with van der Waals surface area (Å²) in [6.07, 6.45) is 1.47. The zero-order valence-corrected chi connectivity index (χ0v) is 10.7. The molecule has 1 amide bonds. The molecule has 0 atom stereocenters. The van der Waals surface area contributed by atoms with Crippen LogP contribution in [0.2, 0.25) is 5.02 Å². The second-order valence-corrected chi connectivity index (χ2v) is 4.85. The molecule has 0 aliphatic carbocycles. The van der Waals surface area contributed by atoms with Crippen molar-refractivity contribution in [1.82, 2.24) is 4.90 Å². The molecule has 0 aromatic heterocycles. The molecule has 1 aromatic carbocycles. The Morgan fingerprint density at radius 2 is 2.28 bits per heavy atom. The molecule has 1 saturated heterocycles. The number of anilines is 1. The first-order chi connectivity index (χ1) is 8.63. The van der Waals surface area contributed by atoms with Crippen LogP contribution in [-0.2, 0) is 9.59 Å². The van der Waals surface area contributed by atoms with E-state index in [0.29, 0.717) is 23.7 Å². The van der Waals surface area contributed by atoms with Gasteiger partial charge in [0, 0.05) is 17.1 Å². The minimum atomic E-state index is -0.119. The van der Waals surface area contributed by atoms with E-state index in [9.17, 15) is 9.59 Å². The molecule has 1 aromatic rings. The number of likely N-dealkylation sites (tertiary alicyclic amines) is 1. The maximum absolute atomic E-state index is 11.8. The Bertz CT molecular complexity index is 462. The molecule has 0 saturated carbocycles. The van der Waals surface area contributed by atoms with Crippen LogP contribution in [0.1, 0.15) is 12.8 Å². The summed E-state index contributed by atoms with van der Waals surface area (Å²) in [5, 5.41) is 3.35. The van der Waals surface area contributed by atoms with Crippen molar-refractivity contribution in [3.05, 3.63) is 29.3 Å². The molecule has 0 unspecified atom stereocenters. The molecule has 0 spiro atoms. The third kappa shape index (κ3) is 3.82. The lowest BCUT2D eigenvalue weighted by molar-refractivity contribution is -0.123. The minimum absolute atomic E-state index is 0.119. The topological polar surface area (TPSA) is 49.4 Å². The van der Waals surface area contributed by atoms with E-state index in [2.05, 4.69) is 5.32 Å². The van der Waals surface area contributed by atoms with E-state index >= 15 is 0 Å². The number of benzene rings is 1. The highest BCUT2D eigenvalue weighted by molar-refractivity contribution is 6.30. The van der Waals surface area contributed by atoms with Gasteiger partial charge in [-0.25, -0.2) is 0 Å². The number of nitrogens with zero attached hydrogens (tertiary/aromatic N) is 1. The second-order valence-electron chi connectivity index (χ2n) is 4.41. The fourth-order valence-electron chi connectivity index (χ4n) is 2.01. The third-order valence-corrected chi connectivity index (χ3v) is 3.04. The fourth-order valence-corrected chi connectivity index (χ4v) is 2.20. The van der Waals surface area contributed by atoms with E-state index in [0.717, 1.165) is 13.0 Å². The zero-order valence-electron chi connectivity index (χ0n) is 9.99. The largest absolute Gasteiger partial charge is 0.325 e. The van der Waals surface area contributed by atoms with Crippen LogP contribution in [0.3, 0.4) is 0 Å². The fraction of sp³-hybridized carbons (Fsp3) is 0.385. The number of halogens is 1. The van der Waals surface area contributed by atoms with Crippen molar-refractivity contribution in [3.63, 3.8) is 0 Å². The number of hydrogen-bond donors (Lipinski definition) is 1. The van der Waals surface area contributed by atoms with Gasteiger partial charge in [-0.05, 0) is 31.2 Å². The van der Waals surface area contributed by atoms with Gasteiger partial charge in [0.1, 0.15) is 5.78 Å². The summed E-state index contributed by atoms with van der Waals surface area (Å²) < 4.78 is 0. The van der Waals surface area contributed by atoms with Crippen LogP contribution in [0.4, 0.5) is 5.69 Å². The van der Waals surface area contributed by atoms with Crippen molar-refractivity contribution in [2.24, 2.45) is 0 Å². The van der Waals surface area contributed by atoms with Gasteiger partial charge < -0.3 is 5.32 Å². The van der Waals surface area contributed by atoms with Crippen LogP contribution in [0.25, 0.3) is 0 Å². The zero-order chi connectivity index (χ0) is 13.0. The van der Waals surface area contributed by atoms with Gasteiger partial charge in [0.25, 0.3) is 0 Å². The summed E-state index contributed by atoms with van der Waals surface area (Å²) in [5.41, 5.74) is 0.677. The average Bonchev–Trinajstić information content (AvgIpc) is 2.28. The molecule has 18 heavy (non-hydrogen) atoms. The SMILES string of the molecule is O=C1CCCN(CC(=O)Nc2cccc(Cl)c2)C1. The molecule has 96 valence electrons. The smallest absolute Gasteiger partial charge is 0.238 e. The lowest BCUT2D eigenvalue weighted by Gasteiger charge is -2.24. The number of hydrogen-bond acceptors (Lipinski definition) is 3. The number of carbonyl (C=O) groups excluding carboxylic acids is 2. The van der Waals surface area contributed by atoms with E-state index in [4.69, 9.17) is 11.6 Å². The van der Waals surface area contributed by atoms with Crippen molar-refractivity contribution in [2.75, 3.05) is 25.0 Å². The molecule has 5 heteroatoms. The molecule has 1 heterocycles. The second kappa shape index (κ2) is 5.98. The lowest BCUT2D eigenvalue weighted by Crippen LogP contribution is -2.40. The van der Waals surface area contributed by atoms with Crippen molar-refractivity contribution in [2.45, 2.75) is 12.8 Å². The molecule has 0 bridgehead atoms. The summed E-state index contributed by atoms with van der Waals surface area (Å²) in [6.45, 7) is 1.43. The van der Waals surface area contributed by atoms with Gasteiger partial charge in [-0.1, -0.05) is 17.7 Å². The number of Topliss-reactive ketones (excluding diaryl/α,β-unsaturated/α-hetero) is 1. The molecule has 1 aliphatic heterocycles. The van der Waals surface area contributed by atoms with Gasteiger partial charge in [-0.3, -0.25) is 14.5 Å². The molecule has 4 nitrogen and oxygen atoms in total. The van der Waals surface area contributed by atoms with Crippen LogP contribution < -0.4 is 5.32 Å². The van der Waals surface area contributed by atoms with Crippen molar-refractivity contribution in [3.8, 4) is 0 Å². The van der Waals surface area contributed by atoms with Crippen molar-refractivity contribution >= 4 is 29.0 Å². The molecular weight excluding hydrogens is 252 g/mol. The molecule has 1 N–H and O–H groups in total. The maximum Gasteiger partial charge on any atom is 0.238 e. The van der Waals surface area contributed by atoms with Gasteiger partial charge in [0.15, 0.2) is 0 Å².